The highest BCUT2D eigenvalue weighted by Crippen LogP contribution is 2.61. The molecule has 0 saturated heterocycles. The Morgan fingerprint density at radius 1 is 0.972 bits per heavy atom. The lowest BCUT2D eigenvalue weighted by molar-refractivity contribution is -0.126. The van der Waals surface area contributed by atoms with E-state index in [1.165, 1.54) is 33.6 Å². The summed E-state index contributed by atoms with van der Waals surface area (Å²) in [5, 5.41) is 5.63. The van der Waals surface area contributed by atoms with E-state index in [2.05, 4.69) is 65.8 Å². The third kappa shape index (κ3) is 3.56. The van der Waals surface area contributed by atoms with Crippen LogP contribution in [0.2, 0.25) is 0 Å². The SMILES string of the molecule is CCOC(=O)c1ccc(-c2csc(NC(=O)C3(C)CC4c5ccccc5C3c3ccccc34)n2)cc1. The summed E-state index contributed by atoms with van der Waals surface area (Å²) >= 11 is 1.41. The quantitative estimate of drug-likeness (QED) is 0.317. The average molecular weight is 495 g/mol. The number of anilines is 1. The predicted octanol–water partition coefficient (Wildman–Crippen LogP) is 6.61. The van der Waals surface area contributed by atoms with Crippen LogP contribution in [0.25, 0.3) is 11.3 Å². The lowest BCUT2D eigenvalue weighted by atomic mass is 9.52. The molecule has 4 aromatic rings. The maximum absolute atomic E-state index is 13.8. The van der Waals surface area contributed by atoms with Crippen molar-refractivity contribution in [1.29, 1.82) is 0 Å². The molecule has 3 aliphatic carbocycles. The normalized spacial score (nSPS) is 21.4. The largest absolute Gasteiger partial charge is 0.462 e. The zero-order chi connectivity index (χ0) is 24.9. The molecule has 2 bridgehead atoms. The van der Waals surface area contributed by atoms with Gasteiger partial charge in [0.15, 0.2) is 5.13 Å². The van der Waals surface area contributed by atoms with Crippen molar-refractivity contribution in [2.24, 2.45) is 5.41 Å². The van der Waals surface area contributed by atoms with Crippen LogP contribution in [0.1, 0.15) is 64.7 Å². The van der Waals surface area contributed by atoms with Crippen molar-refractivity contribution in [3.63, 3.8) is 0 Å². The van der Waals surface area contributed by atoms with E-state index < -0.39 is 5.41 Å². The Morgan fingerprint density at radius 2 is 1.58 bits per heavy atom. The molecule has 5 nitrogen and oxygen atoms in total. The second-order valence-electron chi connectivity index (χ2n) is 9.65. The number of thiazole rings is 1. The predicted molar refractivity (Wildman–Crippen MR) is 141 cm³/mol. The van der Waals surface area contributed by atoms with Gasteiger partial charge in [0.2, 0.25) is 5.91 Å². The van der Waals surface area contributed by atoms with E-state index in [0.717, 1.165) is 17.7 Å². The van der Waals surface area contributed by atoms with Crippen LogP contribution in [0.15, 0.2) is 78.2 Å². The Kier molecular flexibility index (Phi) is 5.49. The zero-order valence-electron chi connectivity index (χ0n) is 20.2. The molecule has 1 unspecified atom stereocenters. The van der Waals surface area contributed by atoms with E-state index in [1.807, 2.05) is 17.5 Å². The van der Waals surface area contributed by atoms with Gasteiger partial charge in [0.05, 0.1) is 23.3 Å². The van der Waals surface area contributed by atoms with Crippen LogP contribution >= 0.6 is 11.3 Å². The van der Waals surface area contributed by atoms with Crippen LogP contribution in [0.5, 0.6) is 0 Å². The second kappa shape index (κ2) is 8.71. The van der Waals surface area contributed by atoms with Gasteiger partial charge < -0.3 is 10.1 Å². The Morgan fingerprint density at radius 3 is 2.19 bits per heavy atom. The van der Waals surface area contributed by atoms with E-state index in [1.54, 1.807) is 19.1 Å². The molecule has 180 valence electrons. The molecule has 7 rings (SSSR count). The summed E-state index contributed by atoms with van der Waals surface area (Å²) in [6.07, 6.45) is 0.769. The van der Waals surface area contributed by atoms with E-state index in [4.69, 9.17) is 4.74 Å². The minimum absolute atomic E-state index is 0.0000603. The minimum atomic E-state index is -0.583. The second-order valence-corrected chi connectivity index (χ2v) is 10.5. The van der Waals surface area contributed by atoms with Crippen molar-refractivity contribution in [2.45, 2.75) is 32.1 Å². The van der Waals surface area contributed by atoms with Crippen LogP contribution in [-0.4, -0.2) is 23.5 Å². The molecule has 6 heteroatoms. The number of esters is 1. The number of rotatable bonds is 5. The Labute approximate surface area is 214 Å². The van der Waals surface area contributed by atoms with Gasteiger partial charge in [-0.2, -0.15) is 0 Å². The highest BCUT2D eigenvalue weighted by Gasteiger charge is 2.53. The molecule has 36 heavy (non-hydrogen) atoms. The summed E-state index contributed by atoms with van der Waals surface area (Å²) < 4.78 is 5.05. The number of carbonyl (C=O) groups is 2. The number of ether oxygens (including phenoxy) is 1. The Balaban J connectivity index is 1.26. The molecule has 1 heterocycles. The fourth-order valence-corrected chi connectivity index (χ4v) is 6.60. The highest BCUT2D eigenvalue weighted by atomic mass is 32.1. The van der Waals surface area contributed by atoms with Gasteiger partial charge in [-0.25, -0.2) is 9.78 Å². The summed E-state index contributed by atoms with van der Waals surface area (Å²) in [5.74, 6) is -0.124. The highest BCUT2D eigenvalue weighted by molar-refractivity contribution is 7.14. The molecule has 3 aromatic carbocycles. The number of fused-ring (bicyclic) bond motifs is 1. The Bertz CT molecular complexity index is 1430. The van der Waals surface area contributed by atoms with E-state index >= 15 is 0 Å². The van der Waals surface area contributed by atoms with Crippen LogP contribution in [0.4, 0.5) is 5.13 Å². The summed E-state index contributed by atoms with van der Waals surface area (Å²) in [4.78, 5) is 30.4. The van der Waals surface area contributed by atoms with Crippen molar-refractivity contribution >= 4 is 28.3 Å². The number of amides is 1. The number of benzene rings is 3. The van der Waals surface area contributed by atoms with Gasteiger partial charge in [-0.1, -0.05) is 60.7 Å². The summed E-state index contributed by atoms with van der Waals surface area (Å²) in [5.41, 5.74) is 6.76. The lowest BCUT2D eigenvalue weighted by Crippen LogP contribution is -2.47. The maximum Gasteiger partial charge on any atom is 0.338 e. The summed E-state index contributed by atoms with van der Waals surface area (Å²) in [6, 6.07) is 24.3. The molecule has 3 aliphatic rings. The molecular formula is C30H26N2O3S. The number of hydrogen-bond donors (Lipinski definition) is 1. The summed E-state index contributed by atoms with van der Waals surface area (Å²) in [6.45, 7) is 4.22. The standard InChI is InChI=1S/C30H26N2O3S/c1-3-35-27(33)19-14-12-18(13-15-19)25-17-36-29(31-25)32-28(34)30(2)16-24-20-8-4-6-10-22(20)26(30)23-11-7-5-9-21(23)24/h4-15,17,24,26H,3,16H2,1-2H3,(H,31,32,34). The first-order valence-corrected chi connectivity index (χ1v) is 13.1. The molecule has 0 fully saturated rings. The number of carbonyl (C=O) groups excluding carboxylic acids is 2. The molecule has 1 N–H and O–H groups in total. The van der Waals surface area contributed by atoms with Crippen molar-refractivity contribution in [3.05, 3.63) is 106 Å². The van der Waals surface area contributed by atoms with Crippen molar-refractivity contribution in [2.75, 3.05) is 11.9 Å². The van der Waals surface area contributed by atoms with Crippen LogP contribution in [-0.2, 0) is 9.53 Å². The summed E-state index contributed by atoms with van der Waals surface area (Å²) in [7, 11) is 0. The number of aromatic nitrogens is 1. The molecule has 1 aromatic heterocycles. The maximum atomic E-state index is 13.8. The molecular weight excluding hydrogens is 468 g/mol. The van der Waals surface area contributed by atoms with Gasteiger partial charge in [-0.05, 0) is 54.7 Å². The first-order chi connectivity index (χ1) is 17.5. The van der Waals surface area contributed by atoms with E-state index in [-0.39, 0.29) is 23.7 Å². The van der Waals surface area contributed by atoms with Gasteiger partial charge >= 0.3 is 5.97 Å². The van der Waals surface area contributed by atoms with Crippen LogP contribution in [0, 0.1) is 5.41 Å². The van der Waals surface area contributed by atoms with Crippen molar-refractivity contribution < 1.29 is 14.3 Å². The van der Waals surface area contributed by atoms with Gasteiger partial charge in [0, 0.05) is 22.8 Å². The first-order valence-electron chi connectivity index (χ1n) is 12.2. The van der Waals surface area contributed by atoms with Gasteiger partial charge in [-0.15, -0.1) is 11.3 Å². The van der Waals surface area contributed by atoms with E-state index in [0.29, 0.717) is 17.3 Å². The Hall–Kier alpha value is -3.77. The van der Waals surface area contributed by atoms with Crippen molar-refractivity contribution in [1.82, 2.24) is 4.98 Å². The van der Waals surface area contributed by atoms with Gasteiger partial charge in [0.25, 0.3) is 0 Å². The molecule has 1 atom stereocenters. The van der Waals surface area contributed by atoms with Gasteiger partial charge in [-0.3, -0.25) is 4.79 Å². The van der Waals surface area contributed by atoms with Crippen LogP contribution < -0.4 is 5.32 Å². The number of nitrogens with zero attached hydrogens (tertiary/aromatic N) is 1. The molecule has 1 amide bonds. The molecule has 0 radical (unpaired) electrons. The average Bonchev–Trinajstić information content (AvgIpc) is 3.37. The minimum Gasteiger partial charge on any atom is -0.462 e. The van der Waals surface area contributed by atoms with Gasteiger partial charge in [0.1, 0.15) is 0 Å². The first kappa shape index (κ1) is 22.7. The number of nitrogens with one attached hydrogen (secondary N) is 1. The number of hydrogen-bond acceptors (Lipinski definition) is 5. The zero-order valence-corrected chi connectivity index (χ0v) is 21.0. The molecule has 0 aliphatic heterocycles. The smallest absolute Gasteiger partial charge is 0.338 e. The molecule has 0 spiro atoms. The van der Waals surface area contributed by atoms with Crippen molar-refractivity contribution in [3.8, 4) is 11.3 Å². The van der Waals surface area contributed by atoms with Crippen LogP contribution in [0.3, 0.4) is 0 Å². The third-order valence-electron chi connectivity index (χ3n) is 7.57. The molecule has 0 saturated carbocycles. The van der Waals surface area contributed by atoms with E-state index in [9.17, 15) is 9.59 Å². The lowest BCUT2D eigenvalue weighted by Gasteiger charge is -2.50. The monoisotopic (exact) mass is 494 g/mol. The fourth-order valence-electron chi connectivity index (χ4n) is 5.88. The third-order valence-corrected chi connectivity index (χ3v) is 8.32. The topological polar surface area (TPSA) is 68.3 Å². The fraction of sp³-hybridized carbons (Fsp3) is 0.233.